The summed E-state index contributed by atoms with van der Waals surface area (Å²) in [6.45, 7) is 4.16. The van der Waals surface area contributed by atoms with Crippen LogP contribution in [0, 0.1) is 0 Å². The third-order valence-corrected chi connectivity index (χ3v) is 4.75. The van der Waals surface area contributed by atoms with Gasteiger partial charge in [0.15, 0.2) is 11.5 Å². The fraction of sp³-hybridized carbons (Fsp3) is 0.350. The highest BCUT2D eigenvalue weighted by Crippen LogP contribution is 2.38. The van der Waals surface area contributed by atoms with Crippen LogP contribution < -0.4 is 14.8 Å². The van der Waals surface area contributed by atoms with E-state index >= 15 is 0 Å². The van der Waals surface area contributed by atoms with E-state index in [-0.39, 0.29) is 18.1 Å². The molecular formula is C20H24N2O3. The van der Waals surface area contributed by atoms with E-state index in [1.807, 2.05) is 47.4 Å². The lowest BCUT2D eigenvalue weighted by atomic mass is 10.0. The number of benzene rings is 2. The number of hydrogen-bond donors (Lipinski definition) is 1. The molecule has 0 radical (unpaired) electrons. The number of nitrogens with one attached hydrogen (secondary N) is 1. The standard InChI is InChI=1S/C20H24N2O3/c1-5-13(2)22-19(14-10-11-17(24-3)18(12-14)25-4)21-16-9-7-6-8-15(16)20(22)23/h6-13,19,21H,5H2,1-4H3/t13-,19-/m0/s1. The molecule has 2 atom stereocenters. The number of carbonyl (C=O) groups is 1. The number of fused-ring (bicyclic) bond motifs is 1. The number of ether oxygens (including phenoxy) is 2. The van der Waals surface area contributed by atoms with E-state index in [4.69, 9.17) is 9.47 Å². The van der Waals surface area contributed by atoms with Gasteiger partial charge in [-0.2, -0.15) is 0 Å². The molecule has 25 heavy (non-hydrogen) atoms. The third-order valence-electron chi connectivity index (χ3n) is 4.75. The Balaban J connectivity index is 2.08. The fourth-order valence-corrected chi connectivity index (χ4v) is 3.19. The first kappa shape index (κ1) is 17.1. The van der Waals surface area contributed by atoms with Crippen LogP contribution in [-0.2, 0) is 0 Å². The van der Waals surface area contributed by atoms with Crippen molar-refractivity contribution in [3.8, 4) is 11.5 Å². The molecule has 1 N–H and O–H groups in total. The van der Waals surface area contributed by atoms with Crippen molar-refractivity contribution in [3.63, 3.8) is 0 Å². The number of rotatable bonds is 5. The van der Waals surface area contributed by atoms with E-state index in [1.54, 1.807) is 14.2 Å². The number of hydrogen-bond acceptors (Lipinski definition) is 4. The van der Waals surface area contributed by atoms with Crippen molar-refractivity contribution < 1.29 is 14.3 Å². The smallest absolute Gasteiger partial charge is 0.258 e. The first-order valence-corrected chi connectivity index (χ1v) is 8.50. The van der Waals surface area contributed by atoms with E-state index in [0.29, 0.717) is 17.1 Å². The van der Waals surface area contributed by atoms with Gasteiger partial charge in [-0.1, -0.05) is 25.1 Å². The van der Waals surface area contributed by atoms with Gasteiger partial charge in [0.25, 0.3) is 5.91 Å². The maximum atomic E-state index is 13.1. The lowest BCUT2D eigenvalue weighted by Crippen LogP contribution is -2.47. The molecular weight excluding hydrogens is 316 g/mol. The van der Waals surface area contributed by atoms with Gasteiger partial charge < -0.3 is 19.7 Å². The van der Waals surface area contributed by atoms with Crippen LogP contribution in [0.1, 0.15) is 42.4 Å². The number of amides is 1. The number of methoxy groups -OCH3 is 2. The number of para-hydroxylation sites is 1. The minimum absolute atomic E-state index is 0.0449. The van der Waals surface area contributed by atoms with Gasteiger partial charge in [0.1, 0.15) is 6.17 Å². The highest BCUT2D eigenvalue weighted by atomic mass is 16.5. The Hall–Kier alpha value is -2.69. The van der Waals surface area contributed by atoms with Crippen molar-refractivity contribution in [2.75, 3.05) is 19.5 Å². The molecule has 2 aromatic carbocycles. The summed E-state index contributed by atoms with van der Waals surface area (Å²) in [7, 11) is 3.23. The van der Waals surface area contributed by atoms with Crippen LogP contribution in [0.2, 0.25) is 0 Å². The van der Waals surface area contributed by atoms with E-state index < -0.39 is 0 Å². The summed E-state index contributed by atoms with van der Waals surface area (Å²) in [4.78, 5) is 15.0. The molecule has 0 aromatic heterocycles. The number of nitrogens with zero attached hydrogens (tertiary/aromatic N) is 1. The van der Waals surface area contributed by atoms with Gasteiger partial charge in [0, 0.05) is 11.7 Å². The van der Waals surface area contributed by atoms with E-state index in [0.717, 1.165) is 17.7 Å². The Morgan fingerprint density at radius 1 is 1.12 bits per heavy atom. The maximum absolute atomic E-state index is 13.1. The zero-order valence-corrected chi connectivity index (χ0v) is 15.1. The molecule has 132 valence electrons. The van der Waals surface area contributed by atoms with Gasteiger partial charge in [-0.15, -0.1) is 0 Å². The first-order valence-electron chi connectivity index (χ1n) is 8.50. The molecule has 1 aliphatic rings. The van der Waals surface area contributed by atoms with Crippen LogP contribution in [0.3, 0.4) is 0 Å². The van der Waals surface area contributed by atoms with Crippen molar-refractivity contribution in [1.29, 1.82) is 0 Å². The minimum atomic E-state index is -0.253. The summed E-state index contributed by atoms with van der Waals surface area (Å²) >= 11 is 0. The Morgan fingerprint density at radius 2 is 1.84 bits per heavy atom. The van der Waals surface area contributed by atoms with E-state index in [2.05, 4.69) is 19.2 Å². The Morgan fingerprint density at radius 3 is 2.52 bits per heavy atom. The van der Waals surface area contributed by atoms with Crippen molar-refractivity contribution in [1.82, 2.24) is 4.90 Å². The first-order chi connectivity index (χ1) is 12.1. The molecule has 5 heteroatoms. The largest absolute Gasteiger partial charge is 0.493 e. The second-order valence-corrected chi connectivity index (χ2v) is 6.18. The van der Waals surface area contributed by atoms with Crippen LogP contribution in [0.4, 0.5) is 5.69 Å². The molecule has 0 saturated carbocycles. The van der Waals surface area contributed by atoms with E-state index in [1.165, 1.54) is 0 Å². The second-order valence-electron chi connectivity index (χ2n) is 6.18. The molecule has 0 aliphatic carbocycles. The van der Waals surface area contributed by atoms with Crippen molar-refractivity contribution in [3.05, 3.63) is 53.6 Å². The number of carbonyl (C=O) groups excluding carboxylic acids is 1. The Bertz CT molecular complexity index is 775. The molecule has 1 amide bonds. The van der Waals surface area contributed by atoms with Gasteiger partial charge in [0.05, 0.1) is 19.8 Å². The molecule has 0 unspecified atom stereocenters. The molecule has 0 spiro atoms. The number of anilines is 1. The molecule has 3 rings (SSSR count). The average molecular weight is 340 g/mol. The van der Waals surface area contributed by atoms with Crippen LogP contribution in [0.25, 0.3) is 0 Å². The van der Waals surface area contributed by atoms with Gasteiger partial charge in [-0.3, -0.25) is 4.79 Å². The zero-order valence-electron chi connectivity index (χ0n) is 15.1. The van der Waals surface area contributed by atoms with Crippen molar-refractivity contribution in [2.45, 2.75) is 32.5 Å². The molecule has 5 nitrogen and oxygen atoms in total. The monoisotopic (exact) mass is 340 g/mol. The van der Waals surface area contributed by atoms with Crippen molar-refractivity contribution in [2.24, 2.45) is 0 Å². The summed E-state index contributed by atoms with van der Waals surface area (Å²) in [5, 5.41) is 3.51. The predicted molar refractivity (Wildman–Crippen MR) is 98.3 cm³/mol. The van der Waals surface area contributed by atoms with Crippen LogP contribution in [0.15, 0.2) is 42.5 Å². The predicted octanol–water partition coefficient (Wildman–Crippen LogP) is 4.07. The van der Waals surface area contributed by atoms with E-state index in [9.17, 15) is 4.79 Å². The SMILES string of the molecule is CC[C@H](C)N1C(=O)c2ccccc2N[C@@H]1c1ccc(OC)c(OC)c1. The van der Waals surface area contributed by atoms with Gasteiger partial charge in [-0.25, -0.2) is 0 Å². The summed E-state index contributed by atoms with van der Waals surface area (Å²) in [5.41, 5.74) is 2.52. The lowest BCUT2D eigenvalue weighted by Gasteiger charge is -2.41. The highest BCUT2D eigenvalue weighted by molar-refractivity contribution is 6.01. The normalized spacial score (nSPS) is 17.5. The summed E-state index contributed by atoms with van der Waals surface area (Å²) < 4.78 is 10.8. The molecule has 2 aromatic rings. The summed E-state index contributed by atoms with van der Waals surface area (Å²) in [6.07, 6.45) is 0.622. The highest BCUT2D eigenvalue weighted by Gasteiger charge is 2.35. The van der Waals surface area contributed by atoms with Crippen LogP contribution in [0.5, 0.6) is 11.5 Å². The molecule has 0 saturated heterocycles. The molecule has 0 fully saturated rings. The van der Waals surface area contributed by atoms with Crippen LogP contribution in [-0.4, -0.2) is 31.1 Å². The lowest BCUT2D eigenvalue weighted by molar-refractivity contribution is 0.0593. The molecule has 0 bridgehead atoms. The quantitative estimate of drug-likeness (QED) is 0.891. The second kappa shape index (κ2) is 7.05. The Labute approximate surface area is 148 Å². The van der Waals surface area contributed by atoms with Gasteiger partial charge in [0.2, 0.25) is 0 Å². The molecule has 1 heterocycles. The summed E-state index contributed by atoms with van der Waals surface area (Å²) in [5.74, 6) is 1.37. The molecule has 1 aliphatic heterocycles. The van der Waals surface area contributed by atoms with Crippen molar-refractivity contribution >= 4 is 11.6 Å². The average Bonchev–Trinajstić information content (AvgIpc) is 2.66. The topological polar surface area (TPSA) is 50.8 Å². The summed E-state index contributed by atoms with van der Waals surface area (Å²) in [6, 6.07) is 13.5. The minimum Gasteiger partial charge on any atom is -0.493 e. The Kier molecular flexibility index (Phi) is 4.83. The van der Waals surface area contributed by atoms with Crippen LogP contribution >= 0.6 is 0 Å². The fourth-order valence-electron chi connectivity index (χ4n) is 3.19. The maximum Gasteiger partial charge on any atom is 0.258 e. The zero-order chi connectivity index (χ0) is 18.0. The van der Waals surface area contributed by atoms with Gasteiger partial charge in [-0.05, 0) is 43.2 Å². The third kappa shape index (κ3) is 3.02. The van der Waals surface area contributed by atoms with Gasteiger partial charge >= 0.3 is 0 Å².